The molecule has 1 aromatic heterocycles. The molecule has 0 atom stereocenters. The Hall–Kier alpha value is -2.69. The van der Waals surface area contributed by atoms with Crippen LogP contribution in [0.4, 0.5) is 0 Å². The molecule has 2 N–H and O–H groups in total. The number of ether oxygens (including phenoxy) is 2. The highest BCUT2D eigenvalue weighted by atomic mass is 16.5. The van der Waals surface area contributed by atoms with Gasteiger partial charge < -0.3 is 19.6 Å². The maximum absolute atomic E-state index is 9.50. The Morgan fingerprint density at radius 3 is 2.70 bits per heavy atom. The summed E-state index contributed by atoms with van der Waals surface area (Å²) in [6.45, 7) is 0. The van der Waals surface area contributed by atoms with Gasteiger partial charge in [-0.25, -0.2) is 4.98 Å². The van der Waals surface area contributed by atoms with Gasteiger partial charge >= 0.3 is 0 Å². The van der Waals surface area contributed by atoms with Gasteiger partial charge in [-0.3, -0.25) is 0 Å². The lowest BCUT2D eigenvalue weighted by Crippen LogP contribution is -1.93. The second kappa shape index (κ2) is 4.77. The largest absolute Gasteiger partial charge is 0.508 e. The van der Waals surface area contributed by atoms with Crippen molar-refractivity contribution in [3.8, 4) is 28.6 Å². The monoisotopic (exact) mass is 270 g/mol. The number of phenols is 1. The van der Waals surface area contributed by atoms with Crippen molar-refractivity contribution >= 4 is 11.0 Å². The van der Waals surface area contributed by atoms with Gasteiger partial charge in [0.25, 0.3) is 0 Å². The fourth-order valence-electron chi connectivity index (χ4n) is 2.20. The highest BCUT2D eigenvalue weighted by Crippen LogP contribution is 2.37. The fourth-order valence-corrected chi connectivity index (χ4v) is 2.20. The minimum Gasteiger partial charge on any atom is -0.508 e. The molecule has 0 unspecified atom stereocenters. The summed E-state index contributed by atoms with van der Waals surface area (Å²) in [5, 5.41) is 9.50. The number of aromatic nitrogens is 2. The third-order valence-corrected chi connectivity index (χ3v) is 3.12. The predicted molar refractivity (Wildman–Crippen MR) is 76.3 cm³/mol. The molecule has 0 radical (unpaired) electrons. The minimum atomic E-state index is 0.199. The summed E-state index contributed by atoms with van der Waals surface area (Å²) in [6.07, 6.45) is 0. The summed E-state index contributed by atoms with van der Waals surface area (Å²) in [5.41, 5.74) is 2.36. The summed E-state index contributed by atoms with van der Waals surface area (Å²) in [6, 6.07) is 10.6. The van der Waals surface area contributed by atoms with Gasteiger partial charge in [0.05, 0.1) is 30.8 Å². The van der Waals surface area contributed by atoms with Crippen LogP contribution in [-0.2, 0) is 0 Å². The highest BCUT2D eigenvalue weighted by Gasteiger charge is 2.14. The molecule has 0 bridgehead atoms. The van der Waals surface area contributed by atoms with Crippen LogP contribution in [0.2, 0.25) is 0 Å². The van der Waals surface area contributed by atoms with Crippen molar-refractivity contribution in [2.45, 2.75) is 0 Å². The van der Waals surface area contributed by atoms with E-state index >= 15 is 0 Å². The smallest absolute Gasteiger partial charge is 0.171 e. The van der Waals surface area contributed by atoms with E-state index in [1.54, 1.807) is 32.4 Å². The van der Waals surface area contributed by atoms with E-state index in [-0.39, 0.29) is 5.75 Å². The van der Waals surface area contributed by atoms with Crippen LogP contribution in [0.3, 0.4) is 0 Å². The number of H-pyrrole nitrogens is 1. The standard InChI is InChI=1S/C15H14N2O3/c1-19-13-5-3-4-10(14(13)20-2)15-16-11-7-6-9(18)8-12(11)17-15/h3-8,18H,1-2H3,(H,16,17). The van der Waals surface area contributed by atoms with Crippen molar-refractivity contribution in [2.24, 2.45) is 0 Å². The maximum Gasteiger partial charge on any atom is 0.171 e. The zero-order chi connectivity index (χ0) is 14.1. The lowest BCUT2D eigenvalue weighted by Gasteiger charge is -2.10. The molecule has 102 valence electrons. The molecule has 20 heavy (non-hydrogen) atoms. The number of hydrogen-bond donors (Lipinski definition) is 2. The van der Waals surface area contributed by atoms with Crippen molar-refractivity contribution in [3.05, 3.63) is 36.4 Å². The molecular formula is C15H14N2O3. The first kappa shape index (κ1) is 12.3. The quantitative estimate of drug-likeness (QED) is 0.767. The van der Waals surface area contributed by atoms with Gasteiger partial charge in [0.15, 0.2) is 11.5 Å². The van der Waals surface area contributed by atoms with Crippen LogP contribution in [-0.4, -0.2) is 29.3 Å². The van der Waals surface area contributed by atoms with Crippen molar-refractivity contribution < 1.29 is 14.6 Å². The Kier molecular flexibility index (Phi) is 2.95. The van der Waals surface area contributed by atoms with Gasteiger partial charge in [-0.2, -0.15) is 0 Å². The molecule has 3 aromatic rings. The number of methoxy groups -OCH3 is 2. The Balaban J connectivity index is 2.20. The number of imidazole rings is 1. The number of fused-ring (bicyclic) bond motifs is 1. The van der Waals surface area contributed by atoms with Crippen molar-refractivity contribution in [3.63, 3.8) is 0 Å². The molecule has 0 saturated carbocycles. The third-order valence-electron chi connectivity index (χ3n) is 3.12. The lowest BCUT2D eigenvalue weighted by molar-refractivity contribution is 0.356. The Bertz CT molecular complexity index is 765. The maximum atomic E-state index is 9.50. The molecule has 2 aromatic carbocycles. The molecule has 0 aliphatic heterocycles. The minimum absolute atomic E-state index is 0.199. The number of nitrogens with zero attached hydrogens (tertiary/aromatic N) is 1. The van der Waals surface area contributed by atoms with Gasteiger partial charge in [-0.1, -0.05) is 6.07 Å². The second-order valence-corrected chi connectivity index (χ2v) is 4.33. The number of aromatic hydroxyl groups is 1. The van der Waals surface area contributed by atoms with Gasteiger partial charge in [-0.05, 0) is 24.3 Å². The van der Waals surface area contributed by atoms with Crippen LogP contribution in [0.1, 0.15) is 0 Å². The lowest BCUT2D eigenvalue weighted by atomic mass is 10.1. The first-order chi connectivity index (χ1) is 9.72. The van der Waals surface area contributed by atoms with Crippen molar-refractivity contribution in [1.82, 2.24) is 9.97 Å². The van der Waals surface area contributed by atoms with Crippen LogP contribution >= 0.6 is 0 Å². The summed E-state index contributed by atoms with van der Waals surface area (Å²) in [4.78, 5) is 7.68. The summed E-state index contributed by atoms with van der Waals surface area (Å²) in [5.74, 6) is 2.14. The number of nitrogens with one attached hydrogen (secondary N) is 1. The molecule has 0 aliphatic carbocycles. The van der Waals surface area contributed by atoms with Crippen LogP contribution < -0.4 is 9.47 Å². The normalized spacial score (nSPS) is 10.7. The summed E-state index contributed by atoms with van der Waals surface area (Å²) >= 11 is 0. The highest BCUT2D eigenvalue weighted by molar-refractivity contribution is 5.82. The van der Waals surface area contributed by atoms with E-state index in [9.17, 15) is 5.11 Å². The number of benzene rings is 2. The van der Waals surface area contributed by atoms with Gasteiger partial charge in [0, 0.05) is 6.07 Å². The van der Waals surface area contributed by atoms with Gasteiger partial charge in [0.1, 0.15) is 11.6 Å². The molecule has 3 rings (SSSR count). The first-order valence-corrected chi connectivity index (χ1v) is 6.13. The van der Waals surface area contributed by atoms with E-state index in [2.05, 4.69) is 9.97 Å². The second-order valence-electron chi connectivity index (χ2n) is 4.33. The SMILES string of the molecule is COc1cccc(-c2nc3ccc(O)cc3[nH]2)c1OC. The molecule has 1 heterocycles. The molecule has 5 nitrogen and oxygen atoms in total. The zero-order valence-corrected chi connectivity index (χ0v) is 11.2. The van der Waals surface area contributed by atoms with E-state index in [4.69, 9.17) is 9.47 Å². The molecule has 0 amide bonds. The average Bonchev–Trinajstić information content (AvgIpc) is 2.88. The number of aromatic amines is 1. The molecule has 0 spiro atoms. The summed E-state index contributed by atoms with van der Waals surface area (Å²) < 4.78 is 10.7. The molecule has 0 aliphatic rings. The fraction of sp³-hybridized carbons (Fsp3) is 0.133. The van der Waals surface area contributed by atoms with Crippen LogP contribution in [0, 0.1) is 0 Å². The van der Waals surface area contributed by atoms with Crippen molar-refractivity contribution in [1.29, 1.82) is 0 Å². The average molecular weight is 270 g/mol. The van der Waals surface area contributed by atoms with E-state index in [1.165, 1.54) is 0 Å². The van der Waals surface area contributed by atoms with Crippen LogP contribution in [0.5, 0.6) is 17.2 Å². The molecule has 5 heteroatoms. The predicted octanol–water partition coefficient (Wildman–Crippen LogP) is 2.95. The third kappa shape index (κ3) is 1.93. The number of hydrogen-bond acceptors (Lipinski definition) is 4. The van der Waals surface area contributed by atoms with Crippen LogP contribution in [0.25, 0.3) is 22.4 Å². The number of rotatable bonds is 3. The Labute approximate surface area is 115 Å². The van der Waals surface area contributed by atoms with E-state index in [1.807, 2.05) is 18.2 Å². The molecular weight excluding hydrogens is 256 g/mol. The van der Waals surface area contributed by atoms with Gasteiger partial charge in [-0.15, -0.1) is 0 Å². The Morgan fingerprint density at radius 2 is 1.95 bits per heavy atom. The van der Waals surface area contributed by atoms with Crippen molar-refractivity contribution in [2.75, 3.05) is 14.2 Å². The zero-order valence-electron chi connectivity index (χ0n) is 11.2. The number of phenolic OH excluding ortho intramolecular Hbond substituents is 1. The topological polar surface area (TPSA) is 67.4 Å². The van der Waals surface area contributed by atoms with E-state index < -0.39 is 0 Å². The van der Waals surface area contributed by atoms with Crippen LogP contribution in [0.15, 0.2) is 36.4 Å². The summed E-state index contributed by atoms with van der Waals surface area (Å²) in [7, 11) is 3.19. The van der Waals surface area contributed by atoms with Gasteiger partial charge in [0.2, 0.25) is 0 Å². The molecule has 0 fully saturated rings. The van der Waals surface area contributed by atoms with E-state index in [0.717, 1.165) is 16.6 Å². The molecule has 0 saturated heterocycles. The Morgan fingerprint density at radius 1 is 1.10 bits per heavy atom. The first-order valence-electron chi connectivity index (χ1n) is 6.13. The number of para-hydroxylation sites is 1. The van der Waals surface area contributed by atoms with E-state index in [0.29, 0.717) is 17.3 Å².